The normalized spacial score (nSPS) is 19.5. The smallest absolute Gasteiger partial charge is 0.341 e. The Labute approximate surface area is 187 Å². The van der Waals surface area contributed by atoms with Crippen LogP contribution in [0.25, 0.3) is 0 Å². The van der Waals surface area contributed by atoms with Gasteiger partial charge in [0.1, 0.15) is 11.4 Å². The lowest BCUT2D eigenvalue weighted by Gasteiger charge is -2.38. The lowest BCUT2D eigenvalue weighted by atomic mass is 10.1. The first-order valence-corrected chi connectivity index (χ1v) is 11.1. The summed E-state index contributed by atoms with van der Waals surface area (Å²) in [7, 11) is 0. The molecule has 164 valence electrons. The van der Waals surface area contributed by atoms with Crippen LogP contribution < -0.4 is 4.90 Å². The maximum atomic E-state index is 12.7. The Hall–Kier alpha value is -2.64. The van der Waals surface area contributed by atoms with Crippen LogP contribution in [0.3, 0.4) is 0 Å². The molecule has 8 heteroatoms. The SMILES string of the molecule is CCOC(=O)c1cccnc1N1CCC(N2CCN(C(=O)c3ccc(Cl)cc3)CC2)C1. The third kappa shape index (κ3) is 4.83. The van der Waals surface area contributed by atoms with Gasteiger partial charge < -0.3 is 14.5 Å². The van der Waals surface area contributed by atoms with Crippen LogP contribution in [-0.2, 0) is 4.74 Å². The van der Waals surface area contributed by atoms with E-state index < -0.39 is 0 Å². The third-order valence-corrected chi connectivity index (χ3v) is 6.21. The number of anilines is 1. The molecule has 0 aliphatic carbocycles. The molecule has 1 unspecified atom stereocenters. The van der Waals surface area contributed by atoms with Crippen LogP contribution in [0.2, 0.25) is 5.02 Å². The molecule has 3 heterocycles. The highest BCUT2D eigenvalue weighted by Crippen LogP contribution is 2.26. The van der Waals surface area contributed by atoms with Gasteiger partial charge >= 0.3 is 5.97 Å². The molecule has 1 amide bonds. The van der Waals surface area contributed by atoms with Crippen LogP contribution in [-0.4, -0.2) is 78.6 Å². The molecule has 2 fully saturated rings. The van der Waals surface area contributed by atoms with E-state index in [4.69, 9.17) is 16.3 Å². The van der Waals surface area contributed by atoms with Gasteiger partial charge in [0.05, 0.1) is 6.61 Å². The molecule has 2 aromatic rings. The summed E-state index contributed by atoms with van der Waals surface area (Å²) in [5.74, 6) is 0.417. The van der Waals surface area contributed by atoms with Gasteiger partial charge in [0.25, 0.3) is 5.91 Å². The lowest BCUT2D eigenvalue weighted by molar-refractivity contribution is 0.0526. The van der Waals surface area contributed by atoms with E-state index in [1.54, 1.807) is 49.5 Å². The van der Waals surface area contributed by atoms with Crippen molar-refractivity contribution in [1.82, 2.24) is 14.8 Å². The van der Waals surface area contributed by atoms with Crippen molar-refractivity contribution < 1.29 is 14.3 Å². The average Bonchev–Trinajstić information content (AvgIpc) is 3.30. The van der Waals surface area contributed by atoms with Crippen LogP contribution in [0.15, 0.2) is 42.6 Å². The van der Waals surface area contributed by atoms with E-state index in [0.717, 1.165) is 32.6 Å². The van der Waals surface area contributed by atoms with Crippen LogP contribution in [0.1, 0.15) is 34.1 Å². The Bertz CT molecular complexity index is 929. The van der Waals surface area contributed by atoms with E-state index in [-0.39, 0.29) is 11.9 Å². The van der Waals surface area contributed by atoms with E-state index in [9.17, 15) is 9.59 Å². The summed E-state index contributed by atoms with van der Waals surface area (Å²) in [6.07, 6.45) is 2.72. The van der Waals surface area contributed by atoms with Crippen molar-refractivity contribution in [3.05, 3.63) is 58.7 Å². The summed E-state index contributed by atoms with van der Waals surface area (Å²) in [6.45, 7) is 6.89. The van der Waals surface area contributed by atoms with Crippen LogP contribution >= 0.6 is 11.6 Å². The van der Waals surface area contributed by atoms with Crippen molar-refractivity contribution in [3.63, 3.8) is 0 Å². The maximum Gasteiger partial charge on any atom is 0.341 e. The second kappa shape index (κ2) is 9.66. The maximum absolute atomic E-state index is 12.7. The van der Waals surface area contributed by atoms with Crippen molar-refractivity contribution in [2.24, 2.45) is 0 Å². The lowest BCUT2D eigenvalue weighted by Crippen LogP contribution is -2.52. The molecule has 7 nitrogen and oxygen atoms in total. The number of piperazine rings is 1. The molecule has 0 bridgehead atoms. The second-order valence-corrected chi connectivity index (χ2v) is 8.26. The monoisotopic (exact) mass is 442 g/mol. The number of carbonyl (C=O) groups is 2. The van der Waals surface area contributed by atoms with Gasteiger partial charge in [0, 0.05) is 62.1 Å². The molecule has 1 atom stereocenters. The van der Waals surface area contributed by atoms with Crippen LogP contribution in [0.4, 0.5) is 5.82 Å². The highest BCUT2D eigenvalue weighted by atomic mass is 35.5. The van der Waals surface area contributed by atoms with Crippen LogP contribution in [0, 0.1) is 0 Å². The average molecular weight is 443 g/mol. The molecule has 0 spiro atoms. The second-order valence-electron chi connectivity index (χ2n) is 7.82. The molecule has 0 N–H and O–H groups in total. The number of ether oxygens (including phenoxy) is 1. The summed E-state index contributed by atoms with van der Waals surface area (Å²) in [5.41, 5.74) is 1.19. The van der Waals surface area contributed by atoms with Crippen molar-refractivity contribution >= 4 is 29.3 Å². The van der Waals surface area contributed by atoms with Gasteiger partial charge in [-0.1, -0.05) is 11.6 Å². The molecule has 1 aromatic carbocycles. The van der Waals surface area contributed by atoms with Crippen LogP contribution in [0.5, 0.6) is 0 Å². The van der Waals surface area contributed by atoms with Gasteiger partial charge in [-0.25, -0.2) is 9.78 Å². The molecule has 4 rings (SSSR count). The number of hydrogen-bond donors (Lipinski definition) is 0. The Morgan fingerprint density at radius 2 is 1.84 bits per heavy atom. The van der Waals surface area contributed by atoms with Gasteiger partial charge in [-0.05, 0) is 49.7 Å². The Morgan fingerprint density at radius 3 is 2.55 bits per heavy atom. The summed E-state index contributed by atoms with van der Waals surface area (Å²) < 4.78 is 5.19. The zero-order chi connectivity index (χ0) is 21.8. The summed E-state index contributed by atoms with van der Waals surface area (Å²) in [4.78, 5) is 36.0. The molecule has 0 saturated carbocycles. The van der Waals surface area contributed by atoms with Crippen molar-refractivity contribution in [2.75, 3.05) is 50.8 Å². The number of rotatable bonds is 5. The standard InChI is InChI=1S/C23H27ClN4O3/c1-2-31-23(30)20-4-3-10-25-21(20)28-11-9-19(16-28)26-12-14-27(15-13-26)22(29)17-5-7-18(24)8-6-17/h3-8,10,19H,2,9,11-16H2,1H3. The Morgan fingerprint density at radius 1 is 1.10 bits per heavy atom. The molecule has 2 aliphatic rings. The fraction of sp³-hybridized carbons (Fsp3) is 0.435. The van der Waals surface area contributed by atoms with Gasteiger partial charge in [0.2, 0.25) is 0 Å². The number of halogens is 1. The largest absolute Gasteiger partial charge is 0.462 e. The first kappa shape index (κ1) is 21.6. The third-order valence-electron chi connectivity index (χ3n) is 5.95. The number of aromatic nitrogens is 1. The number of nitrogens with zero attached hydrogens (tertiary/aromatic N) is 4. The number of benzene rings is 1. The Balaban J connectivity index is 1.35. The highest BCUT2D eigenvalue weighted by Gasteiger charge is 2.33. The zero-order valence-corrected chi connectivity index (χ0v) is 18.4. The van der Waals surface area contributed by atoms with E-state index in [2.05, 4.69) is 14.8 Å². The first-order chi connectivity index (χ1) is 15.1. The molecule has 2 saturated heterocycles. The number of esters is 1. The highest BCUT2D eigenvalue weighted by molar-refractivity contribution is 6.30. The summed E-state index contributed by atoms with van der Waals surface area (Å²) in [5, 5.41) is 0.631. The summed E-state index contributed by atoms with van der Waals surface area (Å²) in [6, 6.07) is 11.0. The predicted octanol–water partition coefficient (Wildman–Crippen LogP) is 2.95. The van der Waals surface area contributed by atoms with Crippen molar-refractivity contribution in [3.8, 4) is 0 Å². The molecule has 1 aromatic heterocycles. The van der Waals surface area contributed by atoms with E-state index in [0.29, 0.717) is 47.7 Å². The quantitative estimate of drug-likeness (QED) is 0.663. The molecular formula is C23H27ClN4O3. The van der Waals surface area contributed by atoms with E-state index >= 15 is 0 Å². The van der Waals surface area contributed by atoms with Gasteiger partial charge in [-0.3, -0.25) is 9.69 Å². The first-order valence-electron chi connectivity index (χ1n) is 10.7. The fourth-order valence-corrected chi connectivity index (χ4v) is 4.44. The van der Waals surface area contributed by atoms with Gasteiger partial charge in [-0.2, -0.15) is 0 Å². The molecular weight excluding hydrogens is 416 g/mol. The Kier molecular flexibility index (Phi) is 6.73. The minimum absolute atomic E-state index is 0.0527. The molecule has 0 radical (unpaired) electrons. The summed E-state index contributed by atoms with van der Waals surface area (Å²) >= 11 is 5.93. The van der Waals surface area contributed by atoms with E-state index in [1.165, 1.54) is 0 Å². The molecule has 31 heavy (non-hydrogen) atoms. The van der Waals surface area contributed by atoms with Gasteiger partial charge in [0.15, 0.2) is 0 Å². The topological polar surface area (TPSA) is 66.0 Å². The minimum atomic E-state index is -0.330. The number of hydrogen-bond acceptors (Lipinski definition) is 6. The van der Waals surface area contributed by atoms with Crippen molar-refractivity contribution in [1.29, 1.82) is 0 Å². The fourth-order valence-electron chi connectivity index (χ4n) is 4.31. The number of carbonyl (C=O) groups excluding carboxylic acids is 2. The predicted molar refractivity (Wildman–Crippen MR) is 120 cm³/mol. The molecule has 2 aliphatic heterocycles. The zero-order valence-electron chi connectivity index (χ0n) is 17.7. The minimum Gasteiger partial charge on any atom is -0.462 e. The van der Waals surface area contributed by atoms with Crippen molar-refractivity contribution in [2.45, 2.75) is 19.4 Å². The number of pyridine rings is 1. The van der Waals surface area contributed by atoms with Gasteiger partial charge in [-0.15, -0.1) is 0 Å². The number of amides is 1. The van der Waals surface area contributed by atoms with E-state index in [1.807, 2.05) is 4.90 Å².